The molecule has 0 aliphatic carbocycles. The summed E-state index contributed by atoms with van der Waals surface area (Å²) in [5, 5.41) is 0. The Balaban J connectivity index is 2.69. The van der Waals surface area contributed by atoms with Crippen molar-refractivity contribution in [2.24, 2.45) is 11.3 Å². The molecule has 0 bridgehead atoms. The molecule has 0 radical (unpaired) electrons. The number of thiazole rings is 1. The minimum absolute atomic E-state index is 0.202. The molecule has 0 spiro atoms. The molecule has 0 N–H and O–H groups in total. The molecule has 0 saturated carbocycles. The second-order valence-corrected chi connectivity index (χ2v) is 5.33. The van der Waals surface area contributed by atoms with Gasteiger partial charge in [-0.1, -0.05) is 20.8 Å². The highest BCUT2D eigenvalue weighted by Gasteiger charge is 2.28. The average molecular weight is 218 g/mol. The van der Waals surface area contributed by atoms with E-state index in [9.17, 15) is 0 Å². The van der Waals surface area contributed by atoms with Crippen LogP contribution in [0.3, 0.4) is 0 Å². The lowest BCUT2D eigenvalue weighted by atomic mass is 9.78. The van der Waals surface area contributed by atoms with Crippen LogP contribution in [0.25, 0.3) is 0 Å². The first-order chi connectivity index (χ1) is 6.08. The Morgan fingerprint density at radius 3 is 2.69 bits per heavy atom. The molecule has 1 rings (SSSR count). The molecule has 0 aliphatic rings. The van der Waals surface area contributed by atoms with Gasteiger partial charge in [0.1, 0.15) is 0 Å². The second-order valence-electron chi connectivity index (χ2n) is 4.09. The lowest BCUT2D eigenvalue weighted by Gasteiger charge is -2.30. The number of hydrogen-bond donors (Lipinski definition) is 0. The van der Waals surface area contributed by atoms with Crippen molar-refractivity contribution in [2.75, 3.05) is 5.88 Å². The van der Waals surface area contributed by atoms with Crippen molar-refractivity contribution in [2.45, 2.75) is 27.2 Å². The molecule has 0 saturated heterocycles. The Kier molecular flexibility index (Phi) is 3.74. The zero-order valence-corrected chi connectivity index (χ0v) is 9.95. The summed E-state index contributed by atoms with van der Waals surface area (Å²) < 4.78 is 0. The van der Waals surface area contributed by atoms with E-state index in [2.05, 4.69) is 25.8 Å². The maximum Gasteiger partial charge on any atom is 0.0794 e. The molecule has 1 aromatic rings. The minimum atomic E-state index is 0.202. The van der Waals surface area contributed by atoms with Gasteiger partial charge >= 0.3 is 0 Å². The van der Waals surface area contributed by atoms with Gasteiger partial charge in [0.05, 0.1) is 5.51 Å². The molecule has 74 valence electrons. The third-order valence-corrected chi connectivity index (χ3v) is 4.15. The fourth-order valence-corrected chi connectivity index (χ4v) is 2.33. The zero-order valence-electron chi connectivity index (χ0n) is 8.38. The average Bonchev–Trinajstić information content (AvgIpc) is 2.56. The van der Waals surface area contributed by atoms with E-state index in [0.29, 0.717) is 11.8 Å². The predicted molar refractivity (Wildman–Crippen MR) is 59.5 cm³/mol. The summed E-state index contributed by atoms with van der Waals surface area (Å²) in [6, 6.07) is 0. The summed E-state index contributed by atoms with van der Waals surface area (Å²) >= 11 is 7.72. The highest BCUT2D eigenvalue weighted by molar-refractivity contribution is 7.09. The van der Waals surface area contributed by atoms with Crippen LogP contribution < -0.4 is 0 Å². The third kappa shape index (κ3) is 2.68. The predicted octanol–water partition coefficient (Wildman–Crippen LogP) is 3.59. The van der Waals surface area contributed by atoms with Gasteiger partial charge in [-0.05, 0) is 17.8 Å². The number of rotatable bonds is 4. The largest absolute Gasteiger partial charge is 0.253 e. The Morgan fingerprint density at radius 2 is 2.31 bits per heavy atom. The van der Waals surface area contributed by atoms with Gasteiger partial charge in [-0.3, -0.25) is 4.98 Å². The van der Waals surface area contributed by atoms with Gasteiger partial charge in [-0.2, -0.15) is 0 Å². The summed E-state index contributed by atoms with van der Waals surface area (Å²) in [6.45, 7) is 6.69. The van der Waals surface area contributed by atoms with Crippen molar-refractivity contribution in [1.82, 2.24) is 4.98 Å². The van der Waals surface area contributed by atoms with Gasteiger partial charge < -0.3 is 0 Å². The quantitative estimate of drug-likeness (QED) is 0.703. The van der Waals surface area contributed by atoms with E-state index in [4.69, 9.17) is 11.6 Å². The molecule has 0 amide bonds. The van der Waals surface area contributed by atoms with Crippen molar-refractivity contribution in [3.8, 4) is 0 Å². The molecule has 3 heteroatoms. The van der Waals surface area contributed by atoms with E-state index in [0.717, 1.165) is 6.42 Å². The topological polar surface area (TPSA) is 12.9 Å². The summed E-state index contributed by atoms with van der Waals surface area (Å²) in [6.07, 6.45) is 2.98. The van der Waals surface area contributed by atoms with Crippen LogP contribution in [-0.2, 0) is 6.42 Å². The van der Waals surface area contributed by atoms with Crippen LogP contribution in [0.4, 0.5) is 0 Å². The first-order valence-electron chi connectivity index (χ1n) is 4.52. The molecule has 1 heterocycles. The molecule has 1 aromatic heterocycles. The van der Waals surface area contributed by atoms with Crippen LogP contribution in [-0.4, -0.2) is 10.9 Å². The van der Waals surface area contributed by atoms with Crippen molar-refractivity contribution in [3.63, 3.8) is 0 Å². The molecular weight excluding hydrogens is 202 g/mol. The van der Waals surface area contributed by atoms with Crippen molar-refractivity contribution in [1.29, 1.82) is 0 Å². The lowest BCUT2D eigenvalue weighted by Crippen LogP contribution is -2.27. The van der Waals surface area contributed by atoms with Gasteiger partial charge in [0, 0.05) is 17.0 Å². The van der Waals surface area contributed by atoms with Crippen LogP contribution in [0.15, 0.2) is 11.7 Å². The Bertz CT molecular complexity index is 245. The first kappa shape index (κ1) is 11.0. The van der Waals surface area contributed by atoms with Crippen LogP contribution in [0.1, 0.15) is 25.6 Å². The lowest BCUT2D eigenvalue weighted by molar-refractivity contribution is 0.255. The molecular formula is C10H16ClNS. The molecule has 13 heavy (non-hydrogen) atoms. The molecule has 0 aromatic carbocycles. The number of aromatic nitrogens is 1. The van der Waals surface area contributed by atoms with E-state index in [1.807, 2.05) is 11.7 Å². The van der Waals surface area contributed by atoms with Crippen molar-refractivity contribution in [3.05, 3.63) is 16.6 Å². The monoisotopic (exact) mass is 217 g/mol. The van der Waals surface area contributed by atoms with Crippen LogP contribution in [0.2, 0.25) is 0 Å². The molecule has 1 unspecified atom stereocenters. The van der Waals surface area contributed by atoms with Gasteiger partial charge in [0.25, 0.3) is 0 Å². The van der Waals surface area contributed by atoms with Gasteiger partial charge in [0.15, 0.2) is 0 Å². The van der Waals surface area contributed by atoms with Crippen LogP contribution in [0.5, 0.6) is 0 Å². The van der Waals surface area contributed by atoms with E-state index in [1.165, 1.54) is 4.88 Å². The summed E-state index contributed by atoms with van der Waals surface area (Å²) in [5.41, 5.74) is 2.08. The minimum Gasteiger partial charge on any atom is -0.253 e. The van der Waals surface area contributed by atoms with E-state index in [1.54, 1.807) is 11.3 Å². The third-order valence-electron chi connectivity index (χ3n) is 2.76. The number of nitrogens with zero attached hydrogens (tertiary/aromatic N) is 1. The van der Waals surface area contributed by atoms with E-state index in [-0.39, 0.29) is 5.41 Å². The van der Waals surface area contributed by atoms with E-state index >= 15 is 0 Å². The Morgan fingerprint density at radius 1 is 1.62 bits per heavy atom. The number of halogens is 1. The highest BCUT2D eigenvalue weighted by atomic mass is 35.5. The fraction of sp³-hybridized carbons (Fsp3) is 0.700. The van der Waals surface area contributed by atoms with Crippen LogP contribution >= 0.6 is 22.9 Å². The molecule has 0 fully saturated rings. The SMILES string of the molecule is CC(C)C(C)(CCl)Cc1cncs1. The Labute approximate surface area is 89.1 Å². The molecule has 1 atom stereocenters. The fourth-order valence-electron chi connectivity index (χ4n) is 1.13. The van der Waals surface area contributed by atoms with Gasteiger partial charge in [0.2, 0.25) is 0 Å². The maximum atomic E-state index is 6.00. The first-order valence-corrected chi connectivity index (χ1v) is 5.93. The molecule has 1 nitrogen and oxygen atoms in total. The molecule has 0 aliphatic heterocycles. The smallest absolute Gasteiger partial charge is 0.0794 e. The van der Waals surface area contributed by atoms with Crippen molar-refractivity contribution >= 4 is 22.9 Å². The highest BCUT2D eigenvalue weighted by Crippen LogP contribution is 2.33. The van der Waals surface area contributed by atoms with Crippen molar-refractivity contribution < 1.29 is 0 Å². The second kappa shape index (κ2) is 4.43. The normalized spacial score (nSPS) is 16.1. The number of alkyl halides is 1. The summed E-state index contributed by atoms with van der Waals surface area (Å²) in [7, 11) is 0. The number of hydrogen-bond acceptors (Lipinski definition) is 2. The summed E-state index contributed by atoms with van der Waals surface area (Å²) in [4.78, 5) is 5.41. The zero-order chi connectivity index (χ0) is 9.90. The summed E-state index contributed by atoms with van der Waals surface area (Å²) in [5.74, 6) is 1.31. The Hall–Kier alpha value is -0.0800. The maximum absolute atomic E-state index is 6.00. The van der Waals surface area contributed by atoms with Crippen LogP contribution in [0, 0.1) is 11.3 Å². The van der Waals surface area contributed by atoms with E-state index < -0.39 is 0 Å². The van der Waals surface area contributed by atoms with Gasteiger partial charge in [-0.25, -0.2) is 0 Å². The standard InChI is InChI=1S/C10H16ClNS/c1-8(2)10(3,6-11)4-9-5-12-7-13-9/h5,7-8H,4,6H2,1-3H3. The van der Waals surface area contributed by atoms with Gasteiger partial charge in [-0.15, -0.1) is 22.9 Å².